The molecule has 122 valence electrons. The van der Waals surface area contributed by atoms with Gasteiger partial charge in [0.05, 0.1) is 22.6 Å². The lowest BCUT2D eigenvalue weighted by Gasteiger charge is -2.07. The first-order chi connectivity index (χ1) is 11.6. The van der Waals surface area contributed by atoms with E-state index in [2.05, 4.69) is 10.4 Å². The highest BCUT2D eigenvalue weighted by molar-refractivity contribution is 5.96. The summed E-state index contributed by atoms with van der Waals surface area (Å²) in [5, 5.41) is 7.30. The van der Waals surface area contributed by atoms with E-state index in [9.17, 15) is 9.18 Å². The van der Waals surface area contributed by atoms with E-state index in [-0.39, 0.29) is 18.3 Å². The molecule has 1 heterocycles. The number of halogens is 1. The third-order valence-corrected chi connectivity index (χ3v) is 3.86. The van der Waals surface area contributed by atoms with Gasteiger partial charge in [0.15, 0.2) is 0 Å². The molecule has 0 atom stereocenters. The highest BCUT2D eigenvalue weighted by Gasteiger charge is 2.19. The maximum Gasteiger partial charge on any atom is 0.255 e. The zero-order chi connectivity index (χ0) is 17.1. The molecule has 0 aliphatic carbocycles. The van der Waals surface area contributed by atoms with Crippen molar-refractivity contribution in [1.29, 1.82) is 0 Å². The molecule has 0 fully saturated rings. The maximum absolute atomic E-state index is 13.2. The van der Waals surface area contributed by atoms with E-state index in [4.69, 9.17) is 0 Å². The molecule has 0 aliphatic rings. The second-order valence-corrected chi connectivity index (χ2v) is 5.61. The average molecular weight is 323 g/mol. The lowest BCUT2D eigenvalue weighted by atomic mass is 10.1. The molecule has 24 heavy (non-hydrogen) atoms. The van der Waals surface area contributed by atoms with Crippen molar-refractivity contribution in [2.45, 2.75) is 20.4 Å². The van der Waals surface area contributed by atoms with Crippen molar-refractivity contribution in [2.24, 2.45) is 0 Å². The number of hydrogen-bond donors (Lipinski definition) is 1. The van der Waals surface area contributed by atoms with Crippen molar-refractivity contribution in [3.8, 4) is 5.69 Å². The summed E-state index contributed by atoms with van der Waals surface area (Å²) >= 11 is 0. The zero-order valence-electron chi connectivity index (χ0n) is 13.6. The largest absolute Gasteiger partial charge is 0.348 e. The highest BCUT2D eigenvalue weighted by Crippen LogP contribution is 2.18. The Kier molecular flexibility index (Phi) is 4.42. The lowest BCUT2D eigenvalue weighted by molar-refractivity contribution is 0.0949. The molecule has 5 heteroatoms. The Morgan fingerprint density at radius 3 is 2.58 bits per heavy atom. The number of nitrogens with zero attached hydrogens (tertiary/aromatic N) is 2. The van der Waals surface area contributed by atoms with Gasteiger partial charge >= 0.3 is 0 Å². The molecule has 0 saturated carbocycles. The van der Waals surface area contributed by atoms with Gasteiger partial charge in [-0.15, -0.1) is 0 Å². The quantitative estimate of drug-likeness (QED) is 0.798. The smallest absolute Gasteiger partial charge is 0.255 e. The van der Waals surface area contributed by atoms with Crippen LogP contribution in [0.5, 0.6) is 0 Å². The Morgan fingerprint density at radius 2 is 1.88 bits per heavy atom. The van der Waals surface area contributed by atoms with Crippen LogP contribution in [0.4, 0.5) is 4.39 Å². The van der Waals surface area contributed by atoms with Gasteiger partial charge in [0, 0.05) is 6.54 Å². The van der Waals surface area contributed by atoms with Gasteiger partial charge in [-0.05, 0) is 43.7 Å². The number of carbonyl (C=O) groups excluding carboxylic acids is 1. The number of amides is 1. The topological polar surface area (TPSA) is 46.9 Å². The Balaban J connectivity index is 1.82. The Morgan fingerprint density at radius 1 is 1.12 bits per heavy atom. The summed E-state index contributed by atoms with van der Waals surface area (Å²) in [5.41, 5.74) is 3.61. The van der Waals surface area contributed by atoms with Crippen molar-refractivity contribution in [3.63, 3.8) is 0 Å². The van der Waals surface area contributed by atoms with E-state index in [1.807, 2.05) is 44.2 Å². The van der Waals surface area contributed by atoms with Gasteiger partial charge in [0.1, 0.15) is 5.82 Å². The van der Waals surface area contributed by atoms with Gasteiger partial charge in [-0.25, -0.2) is 9.07 Å². The molecule has 3 rings (SSSR count). The molecular formula is C19H18FN3O. The monoisotopic (exact) mass is 323 g/mol. The van der Waals surface area contributed by atoms with Crippen LogP contribution in [0, 0.1) is 19.7 Å². The van der Waals surface area contributed by atoms with Crippen LogP contribution in [0.2, 0.25) is 0 Å². The predicted octanol–water partition coefficient (Wildman–Crippen LogP) is 3.56. The number of aryl methyl sites for hydroxylation is 1. The standard InChI is InChI=1S/C19H18FN3O/c1-13-18(14(2)23(22-13)17-9-4-3-5-10-17)19(24)21-12-15-7-6-8-16(20)11-15/h3-11H,12H2,1-2H3,(H,21,24). The van der Waals surface area contributed by atoms with Crippen LogP contribution in [0.25, 0.3) is 5.69 Å². The van der Waals surface area contributed by atoms with Crippen LogP contribution < -0.4 is 5.32 Å². The molecule has 0 saturated heterocycles. The molecule has 1 N–H and O–H groups in total. The zero-order valence-corrected chi connectivity index (χ0v) is 13.6. The van der Waals surface area contributed by atoms with Crippen LogP contribution in [-0.2, 0) is 6.54 Å². The number of rotatable bonds is 4. The second-order valence-electron chi connectivity index (χ2n) is 5.61. The number of para-hydroxylation sites is 1. The van der Waals surface area contributed by atoms with Gasteiger partial charge < -0.3 is 5.32 Å². The average Bonchev–Trinajstić information content (AvgIpc) is 2.88. The van der Waals surface area contributed by atoms with Gasteiger partial charge in [-0.2, -0.15) is 5.10 Å². The molecule has 0 aliphatic heterocycles. The van der Waals surface area contributed by atoms with E-state index in [1.165, 1.54) is 12.1 Å². The van der Waals surface area contributed by atoms with Crippen molar-refractivity contribution in [2.75, 3.05) is 0 Å². The van der Waals surface area contributed by atoms with E-state index in [0.717, 1.165) is 11.4 Å². The molecule has 0 radical (unpaired) electrons. The second kappa shape index (κ2) is 6.66. The predicted molar refractivity (Wildman–Crippen MR) is 90.6 cm³/mol. The molecule has 1 amide bonds. The number of nitrogens with one attached hydrogen (secondary N) is 1. The van der Waals surface area contributed by atoms with Gasteiger partial charge in [0.2, 0.25) is 0 Å². The van der Waals surface area contributed by atoms with E-state index in [0.29, 0.717) is 16.8 Å². The van der Waals surface area contributed by atoms with Gasteiger partial charge in [0.25, 0.3) is 5.91 Å². The molecule has 1 aromatic heterocycles. The highest BCUT2D eigenvalue weighted by atomic mass is 19.1. The van der Waals surface area contributed by atoms with Crippen LogP contribution in [0.15, 0.2) is 54.6 Å². The fourth-order valence-electron chi connectivity index (χ4n) is 2.71. The fraction of sp³-hybridized carbons (Fsp3) is 0.158. The van der Waals surface area contributed by atoms with Gasteiger partial charge in [-0.1, -0.05) is 30.3 Å². The SMILES string of the molecule is Cc1nn(-c2ccccc2)c(C)c1C(=O)NCc1cccc(F)c1. The molecule has 4 nitrogen and oxygen atoms in total. The Bertz CT molecular complexity index is 872. The minimum Gasteiger partial charge on any atom is -0.348 e. The summed E-state index contributed by atoms with van der Waals surface area (Å²) in [4.78, 5) is 12.5. The van der Waals surface area contributed by atoms with Crippen LogP contribution in [0.3, 0.4) is 0 Å². The summed E-state index contributed by atoms with van der Waals surface area (Å²) < 4.78 is 15.0. The van der Waals surface area contributed by atoms with Gasteiger partial charge in [-0.3, -0.25) is 4.79 Å². The van der Waals surface area contributed by atoms with Crippen LogP contribution >= 0.6 is 0 Å². The molecular weight excluding hydrogens is 305 g/mol. The lowest BCUT2D eigenvalue weighted by Crippen LogP contribution is -2.24. The Hall–Kier alpha value is -2.95. The van der Waals surface area contributed by atoms with Crippen molar-refractivity contribution >= 4 is 5.91 Å². The number of hydrogen-bond acceptors (Lipinski definition) is 2. The summed E-state index contributed by atoms with van der Waals surface area (Å²) in [6.45, 7) is 3.94. The minimum atomic E-state index is -0.314. The first-order valence-corrected chi connectivity index (χ1v) is 7.70. The third-order valence-electron chi connectivity index (χ3n) is 3.86. The first kappa shape index (κ1) is 15.9. The summed E-state index contributed by atoms with van der Waals surface area (Å²) in [5.74, 6) is -0.526. The normalized spacial score (nSPS) is 10.6. The van der Waals surface area contributed by atoms with Crippen molar-refractivity contribution in [3.05, 3.63) is 82.9 Å². The van der Waals surface area contributed by atoms with Crippen LogP contribution in [0.1, 0.15) is 27.3 Å². The number of aromatic nitrogens is 2. The molecule has 0 spiro atoms. The third kappa shape index (κ3) is 3.20. The summed E-state index contributed by atoms with van der Waals surface area (Å²) in [6, 6.07) is 15.8. The molecule has 2 aromatic carbocycles. The van der Waals surface area contributed by atoms with Crippen molar-refractivity contribution in [1.82, 2.24) is 15.1 Å². The summed E-state index contributed by atoms with van der Waals surface area (Å²) in [7, 11) is 0. The Labute approximate surface area is 139 Å². The number of carbonyl (C=O) groups is 1. The number of benzene rings is 2. The van der Waals surface area contributed by atoms with E-state index >= 15 is 0 Å². The molecule has 3 aromatic rings. The maximum atomic E-state index is 13.2. The first-order valence-electron chi connectivity index (χ1n) is 7.70. The van der Waals surface area contributed by atoms with Crippen molar-refractivity contribution < 1.29 is 9.18 Å². The molecule has 0 bridgehead atoms. The molecule has 0 unspecified atom stereocenters. The van der Waals surface area contributed by atoms with E-state index < -0.39 is 0 Å². The van der Waals surface area contributed by atoms with Crippen LogP contribution in [-0.4, -0.2) is 15.7 Å². The minimum absolute atomic E-state index is 0.212. The fourth-order valence-corrected chi connectivity index (χ4v) is 2.71. The summed E-state index contributed by atoms with van der Waals surface area (Å²) in [6.07, 6.45) is 0. The van der Waals surface area contributed by atoms with E-state index in [1.54, 1.807) is 16.8 Å².